The van der Waals surface area contributed by atoms with Crippen LogP contribution in [-0.4, -0.2) is 19.9 Å². The van der Waals surface area contributed by atoms with Crippen LogP contribution in [-0.2, 0) is 20.4 Å². The highest BCUT2D eigenvalue weighted by Gasteiger charge is 2.32. The molecule has 0 saturated carbocycles. The third kappa shape index (κ3) is 5.48. The number of ether oxygens (including phenoxy) is 1. The molecule has 0 aliphatic carbocycles. The lowest BCUT2D eigenvalue weighted by Crippen LogP contribution is -2.29. The minimum atomic E-state index is -3.20. The van der Waals surface area contributed by atoms with E-state index >= 15 is 0 Å². The molecule has 2 rings (SSSR count). The van der Waals surface area contributed by atoms with Crippen LogP contribution >= 0.6 is 30.6 Å². The Bertz CT molecular complexity index is 785. The van der Waals surface area contributed by atoms with Crippen LogP contribution in [0.25, 0.3) is 0 Å². The van der Waals surface area contributed by atoms with E-state index in [4.69, 9.17) is 32.5 Å². The third-order valence-corrected chi connectivity index (χ3v) is 6.39. The van der Waals surface area contributed by atoms with Crippen LogP contribution < -0.4 is 5.32 Å². The van der Waals surface area contributed by atoms with Crippen molar-refractivity contribution >= 4 is 36.7 Å². The fourth-order valence-corrected chi connectivity index (χ4v) is 3.70. The molecular formula is C17H18Cl2NO4P. The molecule has 25 heavy (non-hydrogen) atoms. The Morgan fingerprint density at radius 2 is 1.84 bits per heavy atom. The summed E-state index contributed by atoms with van der Waals surface area (Å²) < 4.78 is 23.0. The van der Waals surface area contributed by atoms with Gasteiger partial charge in [-0.05, 0) is 23.3 Å². The Balaban J connectivity index is 2.14. The lowest BCUT2D eigenvalue weighted by atomic mass is 10.2. The van der Waals surface area contributed by atoms with Gasteiger partial charge in [-0.15, -0.1) is 0 Å². The van der Waals surface area contributed by atoms with Gasteiger partial charge in [-0.3, -0.25) is 4.57 Å². The molecule has 0 aromatic heterocycles. The summed E-state index contributed by atoms with van der Waals surface area (Å²) in [6.45, 7) is 1.53. The van der Waals surface area contributed by atoms with E-state index in [2.05, 4.69) is 5.32 Å². The predicted octanol–water partition coefficient (Wildman–Crippen LogP) is 5.47. The van der Waals surface area contributed by atoms with Gasteiger partial charge in [0.25, 0.3) is 0 Å². The summed E-state index contributed by atoms with van der Waals surface area (Å²) in [5, 5.41) is 3.24. The number of benzene rings is 2. The van der Waals surface area contributed by atoms with Crippen molar-refractivity contribution in [1.82, 2.24) is 5.32 Å². The van der Waals surface area contributed by atoms with E-state index in [-0.39, 0.29) is 6.61 Å². The van der Waals surface area contributed by atoms with E-state index in [0.29, 0.717) is 15.6 Å². The number of carbonyl (C=O) groups is 1. The van der Waals surface area contributed by atoms with Crippen molar-refractivity contribution in [2.24, 2.45) is 0 Å². The lowest BCUT2D eigenvalue weighted by molar-refractivity contribution is 0.137. The minimum Gasteiger partial charge on any atom is -0.445 e. The number of halogens is 2. The molecule has 134 valence electrons. The summed E-state index contributed by atoms with van der Waals surface area (Å²) in [5.41, 5.74) is 1.36. The molecule has 2 aromatic carbocycles. The molecule has 1 N–H and O–H groups in total. The quantitative estimate of drug-likeness (QED) is 0.651. The molecule has 0 spiro atoms. The summed E-state index contributed by atoms with van der Waals surface area (Å²) in [4.78, 5) is 12.1. The van der Waals surface area contributed by atoms with Gasteiger partial charge < -0.3 is 14.6 Å². The van der Waals surface area contributed by atoms with Gasteiger partial charge in [-0.2, -0.15) is 0 Å². The van der Waals surface area contributed by atoms with E-state index in [0.717, 1.165) is 5.56 Å². The van der Waals surface area contributed by atoms with Crippen LogP contribution in [0.1, 0.15) is 16.9 Å². The number of hydrogen-bond acceptors (Lipinski definition) is 4. The standard InChI is InChI=1S/C17H18Cl2NO4P/c1-23-25(2,22)16(13-8-9-14(18)15(19)10-13)20-17(21)24-11-12-6-4-3-5-7-12/h3-10,16H,11H2,1-2H3,(H,20,21)/t16-,25+/m0/s1. The summed E-state index contributed by atoms with van der Waals surface area (Å²) >= 11 is 11.9. The van der Waals surface area contributed by atoms with Crippen LogP contribution in [0.2, 0.25) is 10.0 Å². The number of amides is 1. The number of nitrogens with one attached hydrogen (secondary N) is 1. The first-order valence-corrected chi connectivity index (χ1v) is 10.3. The number of rotatable bonds is 6. The molecule has 0 heterocycles. The summed E-state index contributed by atoms with van der Waals surface area (Å²) in [6.07, 6.45) is -0.709. The van der Waals surface area contributed by atoms with Crippen LogP contribution in [0.15, 0.2) is 48.5 Å². The van der Waals surface area contributed by atoms with E-state index in [1.54, 1.807) is 18.2 Å². The Kier molecular flexibility index (Phi) is 6.91. The number of alkyl carbamates (subject to hydrolysis) is 1. The summed E-state index contributed by atoms with van der Waals surface area (Å²) in [7, 11) is -1.88. The van der Waals surface area contributed by atoms with Crippen LogP contribution in [0, 0.1) is 0 Å². The maximum atomic E-state index is 12.7. The molecule has 0 bridgehead atoms. The molecule has 0 saturated heterocycles. The van der Waals surface area contributed by atoms with Crippen molar-refractivity contribution in [3.63, 3.8) is 0 Å². The van der Waals surface area contributed by atoms with Gasteiger partial charge in [-0.1, -0.05) is 59.6 Å². The van der Waals surface area contributed by atoms with Gasteiger partial charge >= 0.3 is 6.09 Å². The first-order chi connectivity index (χ1) is 11.8. The van der Waals surface area contributed by atoms with Crippen molar-refractivity contribution in [2.45, 2.75) is 12.4 Å². The van der Waals surface area contributed by atoms with Crippen molar-refractivity contribution < 1.29 is 18.6 Å². The zero-order valence-corrected chi connectivity index (χ0v) is 16.1. The maximum absolute atomic E-state index is 12.7. The van der Waals surface area contributed by atoms with Gasteiger partial charge in [0.2, 0.25) is 7.37 Å². The SMILES string of the molecule is CO[P@@](C)(=O)[C@H](NC(=O)OCc1ccccc1)c1ccc(Cl)c(Cl)c1. The molecule has 0 aliphatic rings. The van der Waals surface area contributed by atoms with Crippen LogP contribution in [0.5, 0.6) is 0 Å². The number of hydrogen-bond donors (Lipinski definition) is 1. The molecule has 0 fully saturated rings. The monoisotopic (exact) mass is 401 g/mol. The molecule has 5 nitrogen and oxygen atoms in total. The first kappa shape index (κ1) is 19.8. The zero-order chi connectivity index (χ0) is 18.4. The fourth-order valence-electron chi connectivity index (χ4n) is 2.14. The van der Waals surface area contributed by atoms with E-state index < -0.39 is 19.2 Å². The topological polar surface area (TPSA) is 64.6 Å². The fraction of sp³-hybridized carbons (Fsp3) is 0.235. The highest BCUT2D eigenvalue weighted by atomic mass is 35.5. The average molecular weight is 402 g/mol. The summed E-state index contributed by atoms with van der Waals surface area (Å²) in [6, 6.07) is 14.0. The van der Waals surface area contributed by atoms with E-state index in [1.165, 1.54) is 13.8 Å². The van der Waals surface area contributed by atoms with Gasteiger partial charge in [0, 0.05) is 13.8 Å². The molecular weight excluding hydrogens is 384 g/mol. The normalized spacial score (nSPS) is 14.4. The molecule has 1 amide bonds. The Labute approximate surface area is 156 Å². The highest BCUT2D eigenvalue weighted by Crippen LogP contribution is 2.55. The van der Waals surface area contributed by atoms with Crippen molar-refractivity contribution in [3.05, 3.63) is 69.7 Å². The number of carbonyl (C=O) groups excluding carboxylic acids is 1. The van der Waals surface area contributed by atoms with E-state index in [9.17, 15) is 9.36 Å². The minimum absolute atomic E-state index is 0.0990. The van der Waals surface area contributed by atoms with Gasteiger partial charge in [0.15, 0.2) is 0 Å². The Morgan fingerprint density at radius 3 is 2.44 bits per heavy atom. The summed E-state index contributed by atoms with van der Waals surface area (Å²) in [5.74, 6) is -0.907. The lowest BCUT2D eigenvalue weighted by Gasteiger charge is -2.24. The van der Waals surface area contributed by atoms with Crippen LogP contribution in [0.4, 0.5) is 4.79 Å². The van der Waals surface area contributed by atoms with Gasteiger partial charge in [0.05, 0.1) is 10.0 Å². The first-order valence-electron chi connectivity index (χ1n) is 7.38. The molecule has 2 aromatic rings. The second kappa shape index (κ2) is 8.72. The van der Waals surface area contributed by atoms with Crippen molar-refractivity contribution in [2.75, 3.05) is 13.8 Å². The smallest absolute Gasteiger partial charge is 0.408 e. The van der Waals surface area contributed by atoms with Crippen molar-refractivity contribution in [1.29, 1.82) is 0 Å². The highest BCUT2D eigenvalue weighted by molar-refractivity contribution is 7.58. The Hall–Kier alpha value is -1.52. The largest absolute Gasteiger partial charge is 0.445 e. The van der Waals surface area contributed by atoms with Gasteiger partial charge in [0.1, 0.15) is 12.4 Å². The molecule has 0 unspecified atom stereocenters. The molecule has 2 atom stereocenters. The van der Waals surface area contributed by atoms with Crippen molar-refractivity contribution in [3.8, 4) is 0 Å². The van der Waals surface area contributed by atoms with Crippen LogP contribution in [0.3, 0.4) is 0 Å². The average Bonchev–Trinajstić information content (AvgIpc) is 2.61. The third-order valence-electron chi connectivity index (χ3n) is 3.56. The predicted molar refractivity (Wildman–Crippen MR) is 99.5 cm³/mol. The molecule has 0 aliphatic heterocycles. The second-order valence-corrected chi connectivity index (χ2v) is 8.89. The Morgan fingerprint density at radius 1 is 1.16 bits per heavy atom. The van der Waals surface area contributed by atoms with Gasteiger partial charge in [-0.25, -0.2) is 4.79 Å². The zero-order valence-electron chi connectivity index (χ0n) is 13.7. The molecule has 0 radical (unpaired) electrons. The van der Waals surface area contributed by atoms with E-state index in [1.807, 2.05) is 30.3 Å². The second-order valence-electron chi connectivity index (χ2n) is 5.37. The molecule has 8 heteroatoms. The maximum Gasteiger partial charge on any atom is 0.408 e.